The fourth-order valence-electron chi connectivity index (χ4n) is 1.01. The highest BCUT2D eigenvalue weighted by Gasteiger charge is 2.36. The topological polar surface area (TPSA) is 41.6 Å². The van der Waals surface area contributed by atoms with Gasteiger partial charge < -0.3 is 0 Å². The summed E-state index contributed by atoms with van der Waals surface area (Å²) >= 11 is 0. The summed E-state index contributed by atoms with van der Waals surface area (Å²) in [5.74, 6) is 0.131. The van der Waals surface area contributed by atoms with Crippen molar-refractivity contribution in [3.05, 3.63) is 11.4 Å². The summed E-state index contributed by atoms with van der Waals surface area (Å²) in [5, 5.41) is 8.41. The quantitative estimate of drug-likeness (QED) is 0.780. The highest BCUT2D eigenvalue weighted by molar-refractivity contribution is 5.12. The molecule has 74 valence electrons. The van der Waals surface area contributed by atoms with Crippen molar-refractivity contribution in [2.24, 2.45) is 5.92 Å². The number of alkyl halides is 3. The van der Waals surface area contributed by atoms with Crippen LogP contribution in [0.25, 0.3) is 0 Å². The highest BCUT2D eigenvalue weighted by atomic mass is 19.4. The lowest BCUT2D eigenvalue weighted by atomic mass is 10.1. The number of H-pyrrole nitrogens is 1. The Labute approximate surface area is 73.3 Å². The largest absolute Gasteiger partial charge is 0.434 e. The van der Waals surface area contributed by atoms with Crippen molar-refractivity contribution >= 4 is 0 Å². The maximum absolute atomic E-state index is 12.2. The first kappa shape index (κ1) is 10.0. The zero-order chi connectivity index (χ0) is 10.1. The van der Waals surface area contributed by atoms with Crippen molar-refractivity contribution in [3.8, 4) is 0 Å². The molecule has 0 saturated carbocycles. The van der Waals surface area contributed by atoms with Gasteiger partial charge in [-0.15, -0.1) is 5.10 Å². The van der Waals surface area contributed by atoms with Crippen molar-refractivity contribution in [1.82, 2.24) is 15.4 Å². The molecule has 0 atom stereocenters. The molecular formula is C7H10F3N3. The van der Waals surface area contributed by atoms with Crippen LogP contribution < -0.4 is 0 Å². The monoisotopic (exact) mass is 193 g/mol. The Morgan fingerprint density at radius 1 is 1.38 bits per heavy atom. The van der Waals surface area contributed by atoms with Crippen molar-refractivity contribution in [2.75, 3.05) is 0 Å². The molecule has 0 unspecified atom stereocenters. The van der Waals surface area contributed by atoms with Gasteiger partial charge in [-0.1, -0.05) is 19.1 Å². The summed E-state index contributed by atoms with van der Waals surface area (Å²) in [6.45, 7) is 3.66. The molecule has 0 spiro atoms. The molecule has 6 heteroatoms. The first-order valence-electron chi connectivity index (χ1n) is 3.88. The molecule has 1 rings (SSSR count). The number of nitrogens with zero attached hydrogens (tertiary/aromatic N) is 2. The fourth-order valence-corrected chi connectivity index (χ4v) is 1.01. The van der Waals surface area contributed by atoms with Crippen LogP contribution in [0.5, 0.6) is 0 Å². The molecule has 0 aliphatic rings. The van der Waals surface area contributed by atoms with Crippen LogP contribution >= 0.6 is 0 Å². The first-order chi connectivity index (χ1) is 5.91. The molecule has 3 nitrogen and oxygen atoms in total. The fraction of sp³-hybridized carbons (Fsp3) is 0.714. The Morgan fingerprint density at radius 2 is 2.00 bits per heavy atom. The summed E-state index contributed by atoms with van der Waals surface area (Å²) in [5.41, 5.74) is -0.844. The minimum Gasteiger partial charge on any atom is -0.253 e. The molecule has 1 heterocycles. The molecule has 0 aromatic carbocycles. The molecule has 13 heavy (non-hydrogen) atoms. The van der Waals surface area contributed by atoms with Gasteiger partial charge in [0.2, 0.25) is 0 Å². The van der Waals surface area contributed by atoms with E-state index in [1.54, 1.807) is 0 Å². The SMILES string of the molecule is CC(C)Cc1nn[nH]c1C(F)(F)F. The third-order valence-corrected chi connectivity index (χ3v) is 1.51. The predicted molar refractivity (Wildman–Crippen MR) is 39.9 cm³/mol. The second-order valence-corrected chi connectivity index (χ2v) is 3.23. The Balaban J connectivity index is 2.90. The molecule has 1 N–H and O–H groups in total. The van der Waals surface area contributed by atoms with Gasteiger partial charge in [0, 0.05) is 0 Å². The minimum atomic E-state index is -4.38. The normalized spacial score (nSPS) is 12.5. The van der Waals surface area contributed by atoms with Crippen LogP contribution in [-0.4, -0.2) is 15.4 Å². The summed E-state index contributed by atoms with van der Waals surface area (Å²) in [6, 6.07) is 0. The average Bonchev–Trinajstić information content (AvgIpc) is 2.31. The Bertz CT molecular complexity index is 277. The molecule has 0 aliphatic heterocycles. The first-order valence-corrected chi connectivity index (χ1v) is 3.88. The molecule has 0 aliphatic carbocycles. The van der Waals surface area contributed by atoms with E-state index in [9.17, 15) is 13.2 Å². The third kappa shape index (κ3) is 2.43. The maximum atomic E-state index is 12.2. The van der Waals surface area contributed by atoms with E-state index in [-0.39, 0.29) is 18.0 Å². The van der Waals surface area contributed by atoms with E-state index in [0.29, 0.717) is 0 Å². The van der Waals surface area contributed by atoms with E-state index >= 15 is 0 Å². The molecule has 0 radical (unpaired) electrons. The van der Waals surface area contributed by atoms with Crippen LogP contribution in [-0.2, 0) is 12.6 Å². The van der Waals surface area contributed by atoms with Crippen molar-refractivity contribution in [2.45, 2.75) is 26.4 Å². The lowest BCUT2D eigenvalue weighted by Gasteiger charge is -2.06. The second kappa shape index (κ2) is 3.35. The van der Waals surface area contributed by atoms with Gasteiger partial charge in [0.05, 0.1) is 5.69 Å². The predicted octanol–water partition coefficient (Wildman–Crippen LogP) is 2.02. The summed E-state index contributed by atoms with van der Waals surface area (Å²) in [4.78, 5) is 0. The number of aromatic amines is 1. The number of nitrogens with one attached hydrogen (secondary N) is 1. The van der Waals surface area contributed by atoms with Crippen LogP contribution in [0.3, 0.4) is 0 Å². The van der Waals surface area contributed by atoms with Gasteiger partial charge in [0.15, 0.2) is 5.69 Å². The molecule has 1 aromatic heterocycles. The minimum absolute atomic E-state index is 0.0116. The lowest BCUT2D eigenvalue weighted by Crippen LogP contribution is -2.10. The zero-order valence-electron chi connectivity index (χ0n) is 7.31. The van der Waals surface area contributed by atoms with E-state index in [2.05, 4.69) is 10.3 Å². The van der Waals surface area contributed by atoms with Gasteiger partial charge in [-0.25, -0.2) is 0 Å². The standard InChI is InChI=1S/C7H10F3N3/c1-4(2)3-5-6(7(8,9)10)12-13-11-5/h4H,3H2,1-2H3,(H,11,12,13). The van der Waals surface area contributed by atoms with Gasteiger partial charge in [-0.3, -0.25) is 5.10 Å². The molecule has 0 bridgehead atoms. The van der Waals surface area contributed by atoms with Crippen LogP contribution in [0, 0.1) is 5.92 Å². The number of halogens is 3. The maximum Gasteiger partial charge on any atom is 0.434 e. The second-order valence-electron chi connectivity index (χ2n) is 3.23. The van der Waals surface area contributed by atoms with Gasteiger partial charge in [-0.05, 0) is 12.3 Å². The van der Waals surface area contributed by atoms with Crippen molar-refractivity contribution < 1.29 is 13.2 Å². The van der Waals surface area contributed by atoms with Crippen molar-refractivity contribution in [3.63, 3.8) is 0 Å². The lowest BCUT2D eigenvalue weighted by molar-refractivity contribution is -0.141. The van der Waals surface area contributed by atoms with E-state index in [4.69, 9.17) is 0 Å². The number of hydrogen-bond acceptors (Lipinski definition) is 2. The van der Waals surface area contributed by atoms with Gasteiger partial charge >= 0.3 is 6.18 Å². The summed E-state index contributed by atoms with van der Waals surface area (Å²) < 4.78 is 36.7. The Kier molecular flexibility index (Phi) is 2.58. The van der Waals surface area contributed by atoms with Crippen molar-refractivity contribution in [1.29, 1.82) is 0 Å². The van der Waals surface area contributed by atoms with Gasteiger partial charge in [-0.2, -0.15) is 13.2 Å². The van der Waals surface area contributed by atoms with E-state index in [0.717, 1.165) is 0 Å². The Morgan fingerprint density at radius 3 is 2.46 bits per heavy atom. The Hall–Kier alpha value is -1.07. The van der Waals surface area contributed by atoms with Gasteiger partial charge in [0.1, 0.15) is 0 Å². The van der Waals surface area contributed by atoms with Crippen LogP contribution in [0.2, 0.25) is 0 Å². The molecule has 0 fully saturated rings. The summed E-state index contributed by atoms with van der Waals surface area (Å²) in [6.07, 6.45) is -4.10. The van der Waals surface area contributed by atoms with E-state index in [1.165, 1.54) is 0 Å². The molecular weight excluding hydrogens is 183 g/mol. The zero-order valence-corrected chi connectivity index (χ0v) is 7.31. The van der Waals surface area contributed by atoms with Gasteiger partial charge in [0.25, 0.3) is 0 Å². The van der Waals surface area contributed by atoms with E-state index < -0.39 is 11.9 Å². The summed E-state index contributed by atoms with van der Waals surface area (Å²) in [7, 11) is 0. The molecule has 0 saturated heterocycles. The number of rotatable bonds is 2. The average molecular weight is 193 g/mol. The number of aromatic nitrogens is 3. The van der Waals surface area contributed by atoms with Crippen LogP contribution in [0.15, 0.2) is 0 Å². The van der Waals surface area contributed by atoms with Crippen LogP contribution in [0.1, 0.15) is 25.2 Å². The highest BCUT2D eigenvalue weighted by Crippen LogP contribution is 2.29. The third-order valence-electron chi connectivity index (χ3n) is 1.51. The van der Waals surface area contributed by atoms with E-state index in [1.807, 2.05) is 18.9 Å². The number of hydrogen-bond donors (Lipinski definition) is 1. The molecule has 1 aromatic rings. The molecule has 0 amide bonds. The van der Waals surface area contributed by atoms with Crippen LogP contribution in [0.4, 0.5) is 13.2 Å². The smallest absolute Gasteiger partial charge is 0.253 e.